The molecular weight excluding hydrogens is 220 g/mol. The summed E-state index contributed by atoms with van der Waals surface area (Å²) in [6.07, 6.45) is 13.7. The van der Waals surface area contributed by atoms with Crippen molar-refractivity contribution in [3.63, 3.8) is 0 Å². The highest BCUT2D eigenvalue weighted by Crippen LogP contribution is 2.25. The minimum atomic E-state index is 0.255. The van der Waals surface area contributed by atoms with Crippen LogP contribution in [0.2, 0.25) is 0 Å². The maximum atomic E-state index is 6.10. The fourth-order valence-corrected chi connectivity index (χ4v) is 3.11. The molecule has 0 aromatic heterocycles. The SMILES string of the molecule is CCCCCCC(C)(CN)N1CCCCCCC1. The second-order valence-corrected chi connectivity index (χ2v) is 6.27. The van der Waals surface area contributed by atoms with Crippen LogP contribution in [0.15, 0.2) is 0 Å². The minimum absolute atomic E-state index is 0.255. The molecule has 0 aliphatic carbocycles. The number of hydrogen-bond acceptors (Lipinski definition) is 2. The second-order valence-electron chi connectivity index (χ2n) is 6.27. The van der Waals surface area contributed by atoms with E-state index in [2.05, 4.69) is 18.7 Å². The Balaban J connectivity index is 2.43. The molecule has 0 aromatic rings. The van der Waals surface area contributed by atoms with Crippen LogP contribution in [-0.4, -0.2) is 30.1 Å². The molecule has 2 nitrogen and oxygen atoms in total. The van der Waals surface area contributed by atoms with E-state index in [1.165, 1.54) is 77.3 Å². The zero-order chi connectivity index (χ0) is 13.3. The van der Waals surface area contributed by atoms with Crippen molar-refractivity contribution >= 4 is 0 Å². The van der Waals surface area contributed by atoms with E-state index in [0.29, 0.717) is 0 Å². The molecule has 1 aliphatic heterocycles. The van der Waals surface area contributed by atoms with Crippen molar-refractivity contribution in [2.24, 2.45) is 5.73 Å². The first-order valence-electron chi connectivity index (χ1n) is 8.18. The van der Waals surface area contributed by atoms with E-state index in [1.54, 1.807) is 0 Å². The summed E-state index contributed by atoms with van der Waals surface area (Å²) < 4.78 is 0. The van der Waals surface area contributed by atoms with Crippen molar-refractivity contribution < 1.29 is 0 Å². The third-order valence-electron chi connectivity index (χ3n) is 4.63. The largest absolute Gasteiger partial charge is 0.329 e. The Kier molecular flexibility index (Phi) is 7.92. The molecule has 2 heteroatoms. The fraction of sp³-hybridized carbons (Fsp3) is 1.00. The van der Waals surface area contributed by atoms with Crippen LogP contribution in [0.25, 0.3) is 0 Å². The van der Waals surface area contributed by atoms with Gasteiger partial charge < -0.3 is 5.73 Å². The van der Waals surface area contributed by atoms with Crippen molar-refractivity contribution in [3.05, 3.63) is 0 Å². The maximum Gasteiger partial charge on any atom is 0.0303 e. The molecule has 0 aromatic carbocycles. The first-order chi connectivity index (χ1) is 8.73. The lowest BCUT2D eigenvalue weighted by atomic mass is 9.90. The van der Waals surface area contributed by atoms with E-state index in [4.69, 9.17) is 5.73 Å². The molecule has 1 saturated heterocycles. The van der Waals surface area contributed by atoms with E-state index in [0.717, 1.165) is 6.54 Å². The highest BCUT2D eigenvalue weighted by molar-refractivity contribution is 4.87. The van der Waals surface area contributed by atoms with Crippen LogP contribution in [0.3, 0.4) is 0 Å². The standard InChI is InChI=1S/C16H34N2/c1-3-4-5-9-12-16(2,15-17)18-13-10-7-6-8-11-14-18/h3-15,17H2,1-2H3. The molecule has 0 bridgehead atoms. The summed E-state index contributed by atoms with van der Waals surface area (Å²) in [6, 6.07) is 0. The Bertz CT molecular complexity index is 197. The Labute approximate surface area is 114 Å². The van der Waals surface area contributed by atoms with Gasteiger partial charge in [0, 0.05) is 12.1 Å². The molecule has 2 N–H and O–H groups in total. The highest BCUT2D eigenvalue weighted by atomic mass is 15.2. The van der Waals surface area contributed by atoms with Crippen LogP contribution in [0, 0.1) is 0 Å². The molecule has 1 fully saturated rings. The molecule has 1 atom stereocenters. The van der Waals surface area contributed by atoms with Gasteiger partial charge in [-0.3, -0.25) is 4.90 Å². The second kappa shape index (κ2) is 8.92. The minimum Gasteiger partial charge on any atom is -0.329 e. The van der Waals surface area contributed by atoms with Gasteiger partial charge in [0.15, 0.2) is 0 Å². The monoisotopic (exact) mass is 254 g/mol. The van der Waals surface area contributed by atoms with Crippen molar-refractivity contribution in [2.45, 2.75) is 83.6 Å². The lowest BCUT2D eigenvalue weighted by Gasteiger charge is -2.42. The number of rotatable bonds is 7. The average Bonchev–Trinajstić information content (AvgIpc) is 2.34. The maximum absolute atomic E-state index is 6.10. The van der Waals surface area contributed by atoms with Gasteiger partial charge in [-0.15, -0.1) is 0 Å². The molecule has 0 amide bonds. The molecule has 108 valence electrons. The molecule has 0 saturated carbocycles. The Hall–Kier alpha value is -0.0800. The number of likely N-dealkylation sites (tertiary alicyclic amines) is 1. The van der Waals surface area contributed by atoms with E-state index >= 15 is 0 Å². The lowest BCUT2D eigenvalue weighted by Crippen LogP contribution is -2.52. The zero-order valence-corrected chi connectivity index (χ0v) is 12.7. The van der Waals surface area contributed by atoms with Gasteiger partial charge in [0.25, 0.3) is 0 Å². The molecule has 1 aliphatic rings. The summed E-state index contributed by atoms with van der Waals surface area (Å²) in [4.78, 5) is 2.69. The van der Waals surface area contributed by atoms with Gasteiger partial charge in [-0.2, -0.15) is 0 Å². The van der Waals surface area contributed by atoms with Crippen molar-refractivity contribution in [2.75, 3.05) is 19.6 Å². The van der Waals surface area contributed by atoms with Crippen LogP contribution in [0.1, 0.15) is 78.1 Å². The molecule has 0 radical (unpaired) electrons. The highest BCUT2D eigenvalue weighted by Gasteiger charge is 2.29. The number of nitrogens with two attached hydrogens (primary N) is 1. The van der Waals surface area contributed by atoms with Gasteiger partial charge in [-0.25, -0.2) is 0 Å². The Morgan fingerprint density at radius 3 is 2.11 bits per heavy atom. The van der Waals surface area contributed by atoms with E-state index in [-0.39, 0.29) is 5.54 Å². The molecule has 0 spiro atoms. The first-order valence-corrected chi connectivity index (χ1v) is 8.18. The number of hydrogen-bond donors (Lipinski definition) is 1. The summed E-state index contributed by atoms with van der Waals surface area (Å²) in [5.41, 5.74) is 6.36. The van der Waals surface area contributed by atoms with Crippen LogP contribution < -0.4 is 5.73 Å². The van der Waals surface area contributed by atoms with E-state index in [1.807, 2.05) is 0 Å². The van der Waals surface area contributed by atoms with Gasteiger partial charge in [-0.05, 0) is 39.3 Å². The molecule has 1 heterocycles. The average molecular weight is 254 g/mol. The summed E-state index contributed by atoms with van der Waals surface area (Å²) in [7, 11) is 0. The summed E-state index contributed by atoms with van der Waals surface area (Å²) in [5.74, 6) is 0. The Morgan fingerprint density at radius 1 is 0.944 bits per heavy atom. The van der Waals surface area contributed by atoms with Gasteiger partial charge in [0.1, 0.15) is 0 Å². The van der Waals surface area contributed by atoms with E-state index in [9.17, 15) is 0 Å². The first kappa shape index (κ1) is 16.0. The van der Waals surface area contributed by atoms with Gasteiger partial charge in [0.2, 0.25) is 0 Å². The number of nitrogens with zero attached hydrogens (tertiary/aromatic N) is 1. The van der Waals surface area contributed by atoms with Crippen LogP contribution in [0.4, 0.5) is 0 Å². The quantitative estimate of drug-likeness (QED) is 0.697. The van der Waals surface area contributed by atoms with Crippen LogP contribution in [0.5, 0.6) is 0 Å². The lowest BCUT2D eigenvalue weighted by molar-refractivity contribution is 0.0884. The topological polar surface area (TPSA) is 29.3 Å². The molecule has 18 heavy (non-hydrogen) atoms. The molecular formula is C16H34N2. The predicted octanol–water partition coefficient (Wildman–Crippen LogP) is 3.94. The van der Waals surface area contributed by atoms with Gasteiger partial charge >= 0.3 is 0 Å². The fourth-order valence-electron chi connectivity index (χ4n) is 3.11. The predicted molar refractivity (Wildman–Crippen MR) is 80.9 cm³/mol. The van der Waals surface area contributed by atoms with Crippen LogP contribution in [-0.2, 0) is 0 Å². The van der Waals surface area contributed by atoms with Crippen molar-refractivity contribution in [3.8, 4) is 0 Å². The summed E-state index contributed by atoms with van der Waals surface area (Å²) in [5, 5.41) is 0. The van der Waals surface area contributed by atoms with Crippen LogP contribution >= 0.6 is 0 Å². The zero-order valence-electron chi connectivity index (χ0n) is 12.7. The third kappa shape index (κ3) is 5.27. The van der Waals surface area contributed by atoms with Gasteiger partial charge in [-0.1, -0.05) is 51.9 Å². The van der Waals surface area contributed by atoms with E-state index < -0.39 is 0 Å². The molecule has 1 unspecified atom stereocenters. The molecule has 1 rings (SSSR count). The van der Waals surface area contributed by atoms with Crippen molar-refractivity contribution in [1.82, 2.24) is 4.90 Å². The Morgan fingerprint density at radius 2 is 1.56 bits per heavy atom. The van der Waals surface area contributed by atoms with Gasteiger partial charge in [0.05, 0.1) is 0 Å². The normalized spacial score (nSPS) is 22.2. The van der Waals surface area contributed by atoms with Crippen molar-refractivity contribution in [1.29, 1.82) is 0 Å². The summed E-state index contributed by atoms with van der Waals surface area (Å²) >= 11 is 0. The smallest absolute Gasteiger partial charge is 0.0303 e. The summed E-state index contributed by atoms with van der Waals surface area (Å²) in [6.45, 7) is 8.02. The third-order valence-corrected chi connectivity index (χ3v) is 4.63. The number of unbranched alkanes of at least 4 members (excludes halogenated alkanes) is 3.